The van der Waals surface area contributed by atoms with E-state index in [-0.39, 0.29) is 11.8 Å². The van der Waals surface area contributed by atoms with Crippen molar-refractivity contribution in [3.63, 3.8) is 0 Å². The number of hydrogen-bond acceptors (Lipinski definition) is 3. The molecular weight excluding hydrogens is 214 g/mol. The summed E-state index contributed by atoms with van der Waals surface area (Å²) in [4.78, 5) is 14.7. The summed E-state index contributed by atoms with van der Waals surface area (Å²) < 4.78 is 0. The Kier molecular flexibility index (Phi) is 3.34. The maximum atomic E-state index is 12.2. The lowest BCUT2D eigenvalue weighted by Gasteiger charge is -2.26. The average molecular weight is 237 g/mol. The highest BCUT2D eigenvalue weighted by Gasteiger charge is 2.38. The van der Waals surface area contributed by atoms with Crippen LogP contribution in [0.5, 0.6) is 0 Å². The molecule has 4 nitrogen and oxygen atoms in total. The second kappa shape index (κ2) is 4.94. The molecule has 0 aromatic carbocycles. The third kappa shape index (κ3) is 2.33. The first-order chi connectivity index (χ1) is 8.34. The molecule has 3 rings (SSSR count). The lowest BCUT2D eigenvalue weighted by molar-refractivity contribution is -0.126. The number of carbonyl (C=O) groups is 1. The number of nitrogens with zero attached hydrogens (tertiary/aromatic N) is 1. The third-order valence-electron chi connectivity index (χ3n) is 4.60. The second-order valence-electron chi connectivity index (χ2n) is 5.69. The Hall–Kier alpha value is -0.610. The zero-order chi connectivity index (χ0) is 11.7. The molecule has 0 bridgehead atoms. The van der Waals surface area contributed by atoms with Crippen molar-refractivity contribution in [3.8, 4) is 0 Å². The van der Waals surface area contributed by atoms with Gasteiger partial charge >= 0.3 is 0 Å². The van der Waals surface area contributed by atoms with Gasteiger partial charge in [-0.05, 0) is 45.2 Å². The summed E-state index contributed by atoms with van der Waals surface area (Å²) in [6, 6.07) is 1.06. The summed E-state index contributed by atoms with van der Waals surface area (Å²) in [7, 11) is 0. The molecule has 1 amide bonds. The fourth-order valence-electron chi connectivity index (χ4n) is 3.63. The smallest absolute Gasteiger partial charge is 0.224 e. The predicted molar refractivity (Wildman–Crippen MR) is 66.7 cm³/mol. The van der Waals surface area contributed by atoms with E-state index in [2.05, 4.69) is 15.5 Å². The monoisotopic (exact) mass is 237 g/mol. The molecule has 96 valence electrons. The lowest BCUT2D eigenvalue weighted by atomic mass is 9.97. The Bertz CT molecular complexity index is 288. The van der Waals surface area contributed by atoms with Crippen molar-refractivity contribution in [2.45, 2.75) is 44.2 Å². The lowest BCUT2D eigenvalue weighted by Crippen LogP contribution is -2.47. The predicted octanol–water partition coefficient (Wildman–Crippen LogP) is 0.339. The summed E-state index contributed by atoms with van der Waals surface area (Å²) in [5.41, 5.74) is 0. The van der Waals surface area contributed by atoms with Crippen molar-refractivity contribution in [1.29, 1.82) is 0 Å². The van der Waals surface area contributed by atoms with Gasteiger partial charge in [-0.1, -0.05) is 0 Å². The molecule has 0 aliphatic carbocycles. The van der Waals surface area contributed by atoms with Crippen LogP contribution in [0.1, 0.15) is 32.1 Å². The van der Waals surface area contributed by atoms with Gasteiger partial charge in [-0.15, -0.1) is 0 Å². The number of carbonyl (C=O) groups excluding carboxylic acids is 1. The van der Waals surface area contributed by atoms with E-state index in [1.54, 1.807) is 0 Å². The molecule has 3 aliphatic rings. The van der Waals surface area contributed by atoms with Gasteiger partial charge in [0.2, 0.25) is 5.91 Å². The molecular formula is C13H23N3O. The second-order valence-corrected chi connectivity index (χ2v) is 5.69. The molecule has 2 unspecified atom stereocenters. The van der Waals surface area contributed by atoms with E-state index >= 15 is 0 Å². The first kappa shape index (κ1) is 11.5. The highest BCUT2D eigenvalue weighted by atomic mass is 16.2. The molecule has 0 saturated carbocycles. The van der Waals surface area contributed by atoms with E-state index in [9.17, 15) is 4.79 Å². The van der Waals surface area contributed by atoms with Crippen LogP contribution in [-0.4, -0.2) is 49.1 Å². The molecule has 17 heavy (non-hydrogen) atoms. The normalized spacial score (nSPS) is 38.0. The fraction of sp³-hybridized carbons (Fsp3) is 0.923. The van der Waals surface area contributed by atoms with Crippen LogP contribution in [-0.2, 0) is 4.79 Å². The van der Waals surface area contributed by atoms with E-state index in [1.807, 2.05) is 0 Å². The number of fused-ring (bicyclic) bond motifs is 1. The standard InChI is InChI=1S/C13H23N3O/c17-13(10-3-1-6-14-9-10)15-11-5-8-16-7-2-4-12(11)16/h10-12,14H,1-9H2,(H,15,17)/t10-,11?,12?/m1/s1. The zero-order valence-corrected chi connectivity index (χ0v) is 10.5. The summed E-state index contributed by atoms with van der Waals surface area (Å²) in [5.74, 6) is 0.496. The fourth-order valence-corrected chi connectivity index (χ4v) is 3.63. The van der Waals surface area contributed by atoms with Gasteiger partial charge in [0.05, 0.1) is 5.92 Å². The first-order valence-corrected chi connectivity index (χ1v) is 7.10. The molecule has 3 aliphatic heterocycles. The Balaban J connectivity index is 1.54. The van der Waals surface area contributed by atoms with Crippen molar-refractivity contribution in [1.82, 2.24) is 15.5 Å². The molecule has 3 heterocycles. The third-order valence-corrected chi connectivity index (χ3v) is 4.60. The SMILES string of the molecule is O=C(NC1CCN2CCCC12)[C@@H]1CCCNC1. The minimum absolute atomic E-state index is 0.208. The van der Waals surface area contributed by atoms with Crippen LogP contribution >= 0.6 is 0 Å². The Morgan fingerprint density at radius 1 is 1.18 bits per heavy atom. The Labute approximate surface area is 103 Å². The highest BCUT2D eigenvalue weighted by Crippen LogP contribution is 2.28. The van der Waals surface area contributed by atoms with Crippen LogP contribution in [0.2, 0.25) is 0 Å². The first-order valence-electron chi connectivity index (χ1n) is 7.10. The van der Waals surface area contributed by atoms with Crippen molar-refractivity contribution in [2.75, 3.05) is 26.2 Å². The summed E-state index contributed by atoms with van der Waals surface area (Å²) >= 11 is 0. The van der Waals surface area contributed by atoms with Gasteiger partial charge in [0.1, 0.15) is 0 Å². The molecule has 3 fully saturated rings. The summed E-state index contributed by atoms with van der Waals surface area (Å²) in [5, 5.41) is 6.62. The van der Waals surface area contributed by atoms with Gasteiger partial charge in [-0.2, -0.15) is 0 Å². The topological polar surface area (TPSA) is 44.4 Å². The van der Waals surface area contributed by atoms with Crippen molar-refractivity contribution in [3.05, 3.63) is 0 Å². The van der Waals surface area contributed by atoms with Gasteiger partial charge < -0.3 is 10.6 Å². The van der Waals surface area contributed by atoms with Crippen molar-refractivity contribution >= 4 is 5.91 Å². The van der Waals surface area contributed by atoms with Crippen LogP contribution < -0.4 is 10.6 Å². The van der Waals surface area contributed by atoms with Crippen molar-refractivity contribution in [2.24, 2.45) is 5.92 Å². The van der Waals surface area contributed by atoms with Gasteiger partial charge in [0.15, 0.2) is 0 Å². The minimum atomic E-state index is 0.208. The van der Waals surface area contributed by atoms with Crippen LogP contribution in [0.25, 0.3) is 0 Å². The van der Waals surface area contributed by atoms with Gasteiger partial charge in [0, 0.05) is 25.2 Å². The quantitative estimate of drug-likeness (QED) is 0.728. The molecule has 0 aromatic rings. The molecule has 4 heteroatoms. The molecule has 3 saturated heterocycles. The van der Waals surface area contributed by atoms with E-state index in [4.69, 9.17) is 0 Å². The van der Waals surface area contributed by atoms with Crippen molar-refractivity contribution < 1.29 is 4.79 Å². The van der Waals surface area contributed by atoms with Crippen LogP contribution in [0, 0.1) is 5.92 Å². The van der Waals surface area contributed by atoms with Crippen LogP contribution in [0.3, 0.4) is 0 Å². The summed E-state index contributed by atoms with van der Waals surface area (Å²) in [6.45, 7) is 4.36. The van der Waals surface area contributed by atoms with Gasteiger partial charge in [-0.3, -0.25) is 9.69 Å². The molecule has 3 atom stereocenters. The largest absolute Gasteiger partial charge is 0.351 e. The molecule has 0 radical (unpaired) electrons. The average Bonchev–Trinajstić information content (AvgIpc) is 2.95. The van der Waals surface area contributed by atoms with Gasteiger partial charge in [-0.25, -0.2) is 0 Å². The zero-order valence-electron chi connectivity index (χ0n) is 10.5. The van der Waals surface area contributed by atoms with E-state index in [1.165, 1.54) is 25.9 Å². The van der Waals surface area contributed by atoms with E-state index in [0.29, 0.717) is 12.1 Å². The maximum Gasteiger partial charge on any atom is 0.224 e. The number of hydrogen-bond donors (Lipinski definition) is 2. The molecule has 0 spiro atoms. The van der Waals surface area contributed by atoms with Crippen LogP contribution in [0.15, 0.2) is 0 Å². The molecule has 2 N–H and O–H groups in total. The Morgan fingerprint density at radius 2 is 2.12 bits per heavy atom. The number of nitrogens with one attached hydrogen (secondary N) is 2. The number of amides is 1. The minimum Gasteiger partial charge on any atom is -0.351 e. The maximum absolute atomic E-state index is 12.2. The van der Waals surface area contributed by atoms with Crippen LogP contribution in [0.4, 0.5) is 0 Å². The highest BCUT2D eigenvalue weighted by molar-refractivity contribution is 5.79. The number of rotatable bonds is 2. The Morgan fingerprint density at radius 3 is 2.94 bits per heavy atom. The number of piperidine rings is 1. The molecule has 0 aromatic heterocycles. The van der Waals surface area contributed by atoms with E-state index in [0.717, 1.165) is 32.4 Å². The van der Waals surface area contributed by atoms with Gasteiger partial charge in [0.25, 0.3) is 0 Å². The summed E-state index contributed by atoms with van der Waals surface area (Å²) in [6.07, 6.45) is 5.92. The van der Waals surface area contributed by atoms with E-state index < -0.39 is 0 Å².